The summed E-state index contributed by atoms with van der Waals surface area (Å²) < 4.78 is 5.13. The van der Waals surface area contributed by atoms with Crippen LogP contribution in [0.15, 0.2) is 42.6 Å². The summed E-state index contributed by atoms with van der Waals surface area (Å²) in [5, 5.41) is 3.23. The minimum Gasteiger partial charge on any atom is -0.497 e. The Labute approximate surface area is 146 Å². The number of carbonyl (C=O) groups excluding carboxylic acids is 2. The molecule has 130 valence electrons. The molecule has 25 heavy (non-hydrogen) atoms. The SMILES string of the molecule is COc1ccc(Nc2ccc(C(=O)N3CCN(C=O)CC3)nc2)cc1. The second-order valence-corrected chi connectivity index (χ2v) is 5.72. The first kappa shape index (κ1) is 16.8. The van der Waals surface area contributed by atoms with Gasteiger partial charge in [0.15, 0.2) is 0 Å². The van der Waals surface area contributed by atoms with Crippen molar-refractivity contribution in [1.29, 1.82) is 0 Å². The summed E-state index contributed by atoms with van der Waals surface area (Å²) in [7, 11) is 1.63. The zero-order valence-electron chi connectivity index (χ0n) is 14.0. The highest BCUT2D eigenvalue weighted by atomic mass is 16.5. The largest absolute Gasteiger partial charge is 0.497 e. The van der Waals surface area contributed by atoms with E-state index in [0.29, 0.717) is 31.9 Å². The summed E-state index contributed by atoms with van der Waals surface area (Å²) in [6.45, 7) is 2.19. The zero-order chi connectivity index (χ0) is 17.6. The maximum atomic E-state index is 12.5. The van der Waals surface area contributed by atoms with Crippen LogP contribution in [0.1, 0.15) is 10.5 Å². The van der Waals surface area contributed by atoms with Gasteiger partial charge in [-0.1, -0.05) is 0 Å². The highest BCUT2D eigenvalue weighted by molar-refractivity contribution is 5.92. The summed E-state index contributed by atoms with van der Waals surface area (Å²) in [6, 6.07) is 11.1. The lowest BCUT2D eigenvalue weighted by molar-refractivity contribution is -0.119. The first-order chi connectivity index (χ1) is 12.2. The lowest BCUT2D eigenvalue weighted by Gasteiger charge is -2.32. The molecule has 2 amide bonds. The molecule has 7 heteroatoms. The molecule has 1 N–H and O–H groups in total. The summed E-state index contributed by atoms with van der Waals surface area (Å²) in [5.74, 6) is 0.681. The lowest BCUT2D eigenvalue weighted by Crippen LogP contribution is -2.48. The fourth-order valence-corrected chi connectivity index (χ4v) is 2.63. The van der Waals surface area contributed by atoms with Gasteiger partial charge >= 0.3 is 0 Å². The van der Waals surface area contributed by atoms with Gasteiger partial charge in [-0.15, -0.1) is 0 Å². The molecule has 7 nitrogen and oxygen atoms in total. The van der Waals surface area contributed by atoms with Crippen LogP contribution >= 0.6 is 0 Å². The van der Waals surface area contributed by atoms with Crippen LogP contribution in [0.4, 0.5) is 11.4 Å². The number of nitrogens with zero attached hydrogens (tertiary/aromatic N) is 3. The van der Waals surface area contributed by atoms with Gasteiger partial charge in [-0.25, -0.2) is 4.98 Å². The van der Waals surface area contributed by atoms with Gasteiger partial charge in [-0.2, -0.15) is 0 Å². The summed E-state index contributed by atoms with van der Waals surface area (Å²) in [6.07, 6.45) is 2.46. The molecule has 0 unspecified atom stereocenters. The van der Waals surface area contributed by atoms with Crippen LogP contribution in [0.2, 0.25) is 0 Å². The highest BCUT2D eigenvalue weighted by Crippen LogP contribution is 2.19. The second kappa shape index (κ2) is 7.65. The van der Waals surface area contributed by atoms with Crippen LogP contribution in [0.5, 0.6) is 5.75 Å². The van der Waals surface area contributed by atoms with E-state index in [1.807, 2.05) is 30.3 Å². The van der Waals surface area contributed by atoms with Crippen LogP contribution in [-0.4, -0.2) is 60.4 Å². The lowest BCUT2D eigenvalue weighted by atomic mass is 10.2. The molecule has 1 aliphatic heterocycles. The van der Waals surface area contributed by atoms with Gasteiger partial charge in [0.1, 0.15) is 11.4 Å². The first-order valence-corrected chi connectivity index (χ1v) is 8.05. The number of nitrogens with one attached hydrogen (secondary N) is 1. The van der Waals surface area contributed by atoms with Crippen molar-refractivity contribution >= 4 is 23.7 Å². The van der Waals surface area contributed by atoms with Gasteiger partial charge in [-0.05, 0) is 36.4 Å². The number of amides is 2. The summed E-state index contributed by atoms with van der Waals surface area (Å²) in [4.78, 5) is 30.8. The molecule has 1 aromatic heterocycles. The van der Waals surface area contributed by atoms with Crippen molar-refractivity contribution in [3.05, 3.63) is 48.3 Å². The maximum Gasteiger partial charge on any atom is 0.272 e. The van der Waals surface area contributed by atoms with Crippen LogP contribution in [0.25, 0.3) is 0 Å². The molecule has 1 fully saturated rings. The third-order valence-corrected chi connectivity index (χ3v) is 4.11. The molecule has 0 aliphatic carbocycles. The van der Waals surface area contributed by atoms with E-state index in [9.17, 15) is 9.59 Å². The Balaban J connectivity index is 1.61. The van der Waals surface area contributed by atoms with E-state index in [2.05, 4.69) is 10.3 Å². The standard InChI is InChI=1S/C18H20N4O3/c1-25-16-5-2-14(3-6-16)20-15-4-7-17(19-12-15)18(24)22-10-8-21(13-23)9-11-22/h2-7,12-13,20H,8-11H2,1H3. The third kappa shape index (κ3) is 4.06. The molecule has 0 radical (unpaired) electrons. The number of piperazine rings is 1. The number of rotatable bonds is 5. The molecular formula is C18H20N4O3. The molecule has 2 heterocycles. The van der Waals surface area contributed by atoms with E-state index in [1.165, 1.54) is 0 Å². The Morgan fingerprint density at radius 2 is 1.76 bits per heavy atom. The van der Waals surface area contributed by atoms with Crippen molar-refractivity contribution < 1.29 is 14.3 Å². The quantitative estimate of drug-likeness (QED) is 0.840. The fraction of sp³-hybridized carbons (Fsp3) is 0.278. The predicted octanol–water partition coefficient (Wildman–Crippen LogP) is 1.75. The van der Waals surface area contributed by atoms with E-state index in [1.54, 1.807) is 29.2 Å². The van der Waals surface area contributed by atoms with Gasteiger partial charge in [0.05, 0.1) is 19.0 Å². The van der Waals surface area contributed by atoms with Crippen LogP contribution in [0, 0.1) is 0 Å². The molecule has 0 atom stereocenters. The van der Waals surface area contributed by atoms with E-state index in [0.717, 1.165) is 23.5 Å². The normalized spacial score (nSPS) is 14.1. The number of hydrogen-bond donors (Lipinski definition) is 1. The molecule has 1 saturated heterocycles. The van der Waals surface area contributed by atoms with Crippen LogP contribution < -0.4 is 10.1 Å². The van der Waals surface area contributed by atoms with Crippen molar-refractivity contribution in [2.75, 3.05) is 38.6 Å². The molecule has 1 aliphatic rings. The topological polar surface area (TPSA) is 74.8 Å². The summed E-state index contributed by atoms with van der Waals surface area (Å²) in [5.41, 5.74) is 2.11. The maximum absolute atomic E-state index is 12.5. The highest BCUT2D eigenvalue weighted by Gasteiger charge is 2.22. The Kier molecular flexibility index (Phi) is 5.13. The number of aromatic nitrogens is 1. The summed E-state index contributed by atoms with van der Waals surface area (Å²) >= 11 is 0. The van der Waals surface area contributed by atoms with E-state index < -0.39 is 0 Å². The van der Waals surface area contributed by atoms with E-state index >= 15 is 0 Å². The Hall–Kier alpha value is -3.09. The second-order valence-electron chi connectivity index (χ2n) is 5.72. The molecule has 3 rings (SSSR count). The molecule has 0 bridgehead atoms. The van der Waals surface area contributed by atoms with Crippen molar-refractivity contribution in [1.82, 2.24) is 14.8 Å². The van der Waals surface area contributed by atoms with Crippen LogP contribution in [0.3, 0.4) is 0 Å². The minimum atomic E-state index is -0.110. The van der Waals surface area contributed by atoms with Gasteiger partial charge < -0.3 is 19.9 Å². The van der Waals surface area contributed by atoms with Gasteiger partial charge in [0.2, 0.25) is 6.41 Å². The number of hydrogen-bond acceptors (Lipinski definition) is 5. The molecule has 0 spiro atoms. The van der Waals surface area contributed by atoms with Crippen molar-refractivity contribution in [2.45, 2.75) is 0 Å². The number of pyridine rings is 1. The number of methoxy groups -OCH3 is 1. The van der Waals surface area contributed by atoms with E-state index in [-0.39, 0.29) is 5.91 Å². The van der Waals surface area contributed by atoms with Crippen molar-refractivity contribution in [3.8, 4) is 5.75 Å². The first-order valence-electron chi connectivity index (χ1n) is 8.05. The Morgan fingerprint density at radius 3 is 2.32 bits per heavy atom. The van der Waals surface area contributed by atoms with Gasteiger partial charge in [0.25, 0.3) is 5.91 Å². The van der Waals surface area contributed by atoms with Crippen LogP contribution in [-0.2, 0) is 4.79 Å². The molecule has 2 aromatic rings. The third-order valence-electron chi connectivity index (χ3n) is 4.11. The predicted molar refractivity (Wildman–Crippen MR) is 94.1 cm³/mol. The number of anilines is 2. The number of ether oxygens (including phenoxy) is 1. The Morgan fingerprint density at radius 1 is 1.08 bits per heavy atom. The smallest absolute Gasteiger partial charge is 0.272 e. The number of benzene rings is 1. The molecule has 1 aromatic carbocycles. The van der Waals surface area contributed by atoms with Crippen molar-refractivity contribution in [2.24, 2.45) is 0 Å². The van der Waals surface area contributed by atoms with Crippen molar-refractivity contribution in [3.63, 3.8) is 0 Å². The monoisotopic (exact) mass is 340 g/mol. The Bertz CT molecular complexity index is 723. The molecule has 0 saturated carbocycles. The van der Waals surface area contributed by atoms with Gasteiger partial charge in [0, 0.05) is 31.9 Å². The molecular weight excluding hydrogens is 320 g/mol. The number of carbonyl (C=O) groups is 2. The average Bonchev–Trinajstić information content (AvgIpc) is 2.69. The fourth-order valence-electron chi connectivity index (χ4n) is 2.63. The van der Waals surface area contributed by atoms with E-state index in [4.69, 9.17) is 4.74 Å². The van der Waals surface area contributed by atoms with Gasteiger partial charge in [-0.3, -0.25) is 9.59 Å². The minimum absolute atomic E-state index is 0.110. The average molecular weight is 340 g/mol. The zero-order valence-corrected chi connectivity index (χ0v) is 14.0.